The van der Waals surface area contributed by atoms with E-state index in [1.54, 1.807) is 33.2 Å². The number of pyridine rings is 1. The van der Waals surface area contributed by atoms with Gasteiger partial charge in [-0.1, -0.05) is 24.6 Å². The smallest absolute Gasteiger partial charge is 0.325 e. The lowest BCUT2D eigenvalue weighted by molar-refractivity contribution is 0.431. The minimum Gasteiger partial charge on any atom is -0.424 e. The average Bonchev–Trinajstić information content (AvgIpc) is 2.67. The first-order valence-corrected chi connectivity index (χ1v) is 12.2. The van der Waals surface area contributed by atoms with Crippen LogP contribution in [0.5, 0.6) is 11.8 Å². The Morgan fingerprint density at radius 2 is 1.62 bits per heavy atom. The zero-order chi connectivity index (χ0) is 23.6. The second kappa shape index (κ2) is 9.20. The van der Waals surface area contributed by atoms with Crippen LogP contribution in [0, 0.1) is 27.7 Å². The minimum atomic E-state index is -3.38. The molecule has 170 valence electrons. The van der Waals surface area contributed by atoms with E-state index >= 15 is 0 Å². The SMILES string of the molecule is CCCS(=O)(=O)Cc1nc(Oc2c(C)cc(C)cc2C)nc(-c2cc(C)c(=O)n(C)c2)n1. The lowest BCUT2D eigenvalue weighted by Crippen LogP contribution is -2.19. The van der Waals surface area contributed by atoms with E-state index < -0.39 is 9.84 Å². The van der Waals surface area contributed by atoms with Crippen LogP contribution in [0.25, 0.3) is 11.4 Å². The van der Waals surface area contributed by atoms with Crippen molar-refractivity contribution in [1.29, 1.82) is 0 Å². The highest BCUT2D eigenvalue weighted by Crippen LogP contribution is 2.29. The van der Waals surface area contributed by atoms with Gasteiger partial charge < -0.3 is 9.30 Å². The van der Waals surface area contributed by atoms with Crippen LogP contribution in [-0.2, 0) is 22.6 Å². The Labute approximate surface area is 188 Å². The minimum absolute atomic E-state index is 0.0123. The molecule has 0 unspecified atom stereocenters. The molecule has 0 atom stereocenters. The normalized spacial score (nSPS) is 11.6. The number of nitrogens with zero attached hydrogens (tertiary/aromatic N) is 4. The van der Waals surface area contributed by atoms with Crippen molar-refractivity contribution >= 4 is 9.84 Å². The number of hydrogen-bond acceptors (Lipinski definition) is 7. The van der Waals surface area contributed by atoms with Crippen LogP contribution in [0.1, 0.15) is 41.4 Å². The highest BCUT2D eigenvalue weighted by molar-refractivity contribution is 7.90. The molecule has 0 aliphatic heterocycles. The van der Waals surface area contributed by atoms with Gasteiger partial charge in [0.25, 0.3) is 5.56 Å². The summed E-state index contributed by atoms with van der Waals surface area (Å²) in [6, 6.07) is 5.67. The van der Waals surface area contributed by atoms with Crippen LogP contribution in [0.3, 0.4) is 0 Å². The second-order valence-corrected chi connectivity index (χ2v) is 10.3. The highest BCUT2D eigenvalue weighted by Gasteiger charge is 2.19. The zero-order valence-electron chi connectivity index (χ0n) is 19.3. The summed E-state index contributed by atoms with van der Waals surface area (Å²) in [5.74, 6) is 0.694. The number of aromatic nitrogens is 4. The van der Waals surface area contributed by atoms with Crippen molar-refractivity contribution in [2.75, 3.05) is 5.75 Å². The summed E-state index contributed by atoms with van der Waals surface area (Å²) in [7, 11) is -1.74. The summed E-state index contributed by atoms with van der Waals surface area (Å²) in [4.78, 5) is 25.2. The molecule has 0 fully saturated rings. The maximum Gasteiger partial charge on any atom is 0.325 e. The van der Waals surface area contributed by atoms with Gasteiger partial charge in [-0.05, 0) is 51.3 Å². The van der Waals surface area contributed by atoms with Crippen LogP contribution in [0.2, 0.25) is 0 Å². The third-order valence-corrected chi connectivity index (χ3v) is 6.67. The molecule has 0 aliphatic carbocycles. The first-order valence-electron chi connectivity index (χ1n) is 10.4. The zero-order valence-corrected chi connectivity index (χ0v) is 20.1. The van der Waals surface area contributed by atoms with Gasteiger partial charge in [-0.25, -0.2) is 13.4 Å². The van der Waals surface area contributed by atoms with E-state index in [1.165, 1.54) is 4.57 Å². The predicted octanol–water partition coefficient (Wildman–Crippen LogP) is 3.59. The number of hydrogen-bond donors (Lipinski definition) is 0. The number of rotatable bonds is 7. The van der Waals surface area contributed by atoms with Crippen molar-refractivity contribution in [1.82, 2.24) is 19.5 Å². The van der Waals surface area contributed by atoms with E-state index in [4.69, 9.17) is 4.74 Å². The number of ether oxygens (including phenoxy) is 1. The van der Waals surface area contributed by atoms with E-state index in [0.717, 1.165) is 16.7 Å². The Kier molecular flexibility index (Phi) is 6.78. The van der Waals surface area contributed by atoms with E-state index in [9.17, 15) is 13.2 Å². The topological polar surface area (TPSA) is 104 Å². The molecule has 0 bridgehead atoms. The molecule has 2 heterocycles. The predicted molar refractivity (Wildman–Crippen MR) is 124 cm³/mol. The third kappa shape index (κ3) is 5.40. The molecule has 3 rings (SSSR count). The van der Waals surface area contributed by atoms with Crippen molar-refractivity contribution in [3.8, 4) is 23.1 Å². The Hall–Kier alpha value is -3.07. The molecule has 1 aromatic carbocycles. The first kappa shape index (κ1) is 23.6. The van der Waals surface area contributed by atoms with Gasteiger partial charge in [0.2, 0.25) is 0 Å². The summed E-state index contributed by atoms with van der Waals surface area (Å²) < 4.78 is 32.3. The second-order valence-electron chi connectivity index (χ2n) is 8.11. The van der Waals surface area contributed by atoms with Crippen LogP contribution in [0.15, 0.2) is 29.2 Å². The Morgan fingerprint density at radius 1 is 0.969 bits per heavy atom. The van der Waals surface area contributed by atoms with Gasteiger partial charge in [0, 0.05) is 24.4 Å². The fraction of sp³-hybridized carbons (Fsp3) is 0.391. The number of aryl methyl sites for hydroxylation is 5. The van der Waals surface area contributed by atoms with Crippen LogP contribution in [0.4, 0.5) is 0 Å². The summed E-state index contributed by atoms with van der Waals surface area (Å²) in [5, 5.41) is 0. The highest BCUT2D eigenvalue weighted by atomic mass is 32.2. The summed E-state index contributed by atoms with van der Waals surface area (Å²) in [6.07, 6.45) is 2.12. The molecule has 0 amide bonds. The Morgan fingerprint density at radius 3 is 2.22 bits per heavy atom. The van der Waals surface area contributed by atoms with Gasteiger partial charge in [-0.3, -0.25) is 4.79 Å². The molecular formula is C23H28N4O4S. The molecular weight excluding hydrogens is 428 g/mol. The molecule has 0 aliphatic rings. The van der Waals surface area contributed by atoms with Crippen molar-refractivity contribution in [3.05, 3.63) is 62.8 Å². The number of benzene rings is 1. The average molecular weight is 457 g/mol. The van der Waals surface area contributed by atoms with E-state index in [0.29, 0.717) is 23.3 Å². The van der Waals surface area contributed by atoms with Gasteiger partial charge in [-0.2, -0.15) is 9.97 Å². The van der Waals surface area contributed by atoms with Crippen LogP contribution in [-0.4, -0.2) is 33.7 Å². The molecule has 0 saturated carbocycles. The van der Waals surface area contributed by atoms with Crippen molar-refractivity contribution < 1.29 is 13.2 Å². The third-order valence-electron chi connectivity index (χ3n) is 4.94. The van der Waals surface area contributed by atoms with Crippen molar-refractivity contribution in [2.45, 2.75) is 46.8 Å². The quantitative estimate of drug-likeness (QED) is 0.535. The fourth-order valence-electron chi connectivity index (χ4n) is 3.64. The van der Waals surface area contributed by atoms with Crippen LogP contribution < -0.4 is 10.3 Å². The molecule has 32 heavy (non-hydrogen) atoms. The Balaban J connectivity index is 2.14. The molecule has 0 saturated heterocycles. The van der Waals surface area contributed by atoms with Crippen LogP contribution >= 0.6 is 0 Å². The van der Waals surface area contributed by atoms with E-state index in [1.807, 2.05) is 32.9 Å². The number of sulfone groups is 1. The molecule has 0 spiro atoms. The lowest BCUT2D eigenvalue weighted by atomic mass is 10.1. The maximum atomic E-state index is 12.4. The van der Waals surface area contributed by atoms with Gasteiger partial charge in [0.15, 0.2) is 21.5 Å². The summed E-state index contributed by atoms with van der Waals surface area (Å²) in [5.41, 5.74) is 3.92. The molecule has 0 N–H and O–H groups in total. The van der Waals surface area contributed by atoms with E-state index in [2.05, 4.69) is 15.0 Å². The largest absolute Gasteiger partial charge is 0.424 e. The lowest BCUT2D eigenvalue weighted by Gasteiger charge is -2.13. The van der Waals surface area contributed by atoms with Gasteiger partial charge >= 0.3 is 6.01 Å². The molecule has 8 nitrogen and oxygen atoms in total. The maximum absolute atomic E-state index is 12.4. The van der Waals surface area contributed by atoms with Gasteiger partial charge in [-0.15, -0.1) is 0 Å². The fourth-order valence-corrected chi connectivity index (χ4v) is 4.93. The first-order chi connectivity index (χ1) is 15.0. The van der Waals surface area contributed by atoms with Gasteiger partial charge in [0.05, 0.1) is 5.75 Å². The standard InChI is InChI=1S/C23H28N4O4S/c1-7-8-32(29,30)13-19-24-21(18-11-17(5)22(28)27(6)12-18)26-23(25-19)31-20-15(3)9-14(2)10-16(20)4/h9-12H,7-8,13H2,1-6H3. The summed E-state index contributed by atoms with van der Waals surface area (Å²) in [6.45, 7) is 9.38. The van der Waals surface area contributed by atoms with E-state index in [-0.39, 0.29) is 34.7 Å². The molecule has 0 radical (unpaired) electrons. The molecule has 3 aromatic rings. The monoisotopic (exact) mass is 456 g/mol. The summed E-state index contributed by atoms with van der Waals surface area (Å²) >= 11 is 0. The van der Waals surface area contributed by atoms with Crippen molar-refractivity contribution in [2.24, 2.45) is 7.05 Å². The Bertz CT molecular complexity index is 1280. The van der Waals surface area contributed by atoms with Crippen molar-refractivity contribution in [3.63, 3.8) is 0 Å². The molecule has 2 aromatic heterocycles. The van der Waals surface area contributed by atoms with Gasteiger partial charge in [0.1, 0.15) is 11.5 Å². The molecule has 9 heteroatoms.